The highest BCUT2D eigenvalue weighted by atomic mass is 16.7. The van der Waals surface area contributed by atoms with E-state index in [9.17, 15) is 4.79 Å². The smallest absolute Gasteiger partial charge is 0.267 e. The summed E-state index contributed by atoms with van der Waals surface area (Å²) < 4.78 is 0. The minimum absolute atomic E-state index is 0.169. The van der Waals surface area contributed by atoms with Crippen molar-refractivity contribution in [3.63, 3.8) is 0 Å². The molecular weight excluding hydrogens is 228 g/mol. The van der Waals surface area contributed by atoms with Crippen molar-refractivity contribution in [2.75, 3.05) is 6.54 Å². The number of benzene rings is 1. The van der Waals surface area contributed by atoms with E-state index in [4.69, 9.17) is 4.84 Å². The summed E-state index contributed by atoms with van der Waals surface area (Å²) in [7, 11) is 0. The SMILES string of the molecule is C=CCNC(=O)[C@@]1(C)CC(c2ccccc2)=NO1. The third kappa shape index (κ3) is 2.42. The molecule has 4 nitrogen and oxygen atoms in total. The van der Waals surface area contributed by atoms with E-state index in [1.54, 1.807) is 13.0 Å². The zero-order chi connectivity index (χ0) is 13.0. The second kappa shape index (κ2) is 5.04. The molecule has 1 heterocycles. The number of carbonyl (C=O) groups is 1. The minimum atomic E-state index is -0.922. The molecule has 2 rings (SSSR count). The highest BCUT2D eigenvalue weighted by molar-refractivity contribution is 6.05. The first-order chi connectivity index (χ1) is 8.65. The first kappa shape index (κ1) is 12.4. The van der Waals surface area contributed by atoms with Crippen LogP contribution < -0.4 is 5.32 Å². The first-order valence-corrected chi connectivity index (χ1v) is 5.85. The van der Waals surface area contributed by atoms with Gasteiger partial charge in [0.05, 0.1) is 5.71 Å². The predicted octanol–water partition coefficient (Wildman–Crippen LogP) is 1.87. The standard InChI is InChI=1S/C14H16N2O2/c1-3-9-15-13(17)14(2)10-12(16-18-14)11-7-5-4-6-8-11/h3-8H,1,9-10H2,2H3,(H,15,17)/t14-/m1/s1. The molecule has 1 aliphatic heterocycles. The van der Waals surface area contributed by atoms with Gasteiger partial charge < -0.3 is 10.2 Å². The molecule has 0 radical (unpaired) electrons. The summed E-state index contributed by atoms with van der Waals surface area (Å²) in [6.07, 6.45) is 2.11. The zero-order valence-electron chi connectivity index (χ0n) is 10.3. The lowest BCUT2D eigenvalue weighted by atomic mass is 9.95. The molecule has 0 aromatic heterocycles. The van der Waals surface area contributed by atoms with Crippen molar-refractivity contribution in [3.05, 3.63) is 48.6 Å². The Labute approximate surface area is 106 Å². The van der Waals surface area contributed by atoms with Gasteiger partial charge in [0.1, 0.15) is 0 Å². The molecule has 0 saturated carbocycles. The lowest BCUT2D eigenvalue weighted by Gasteiger charge is -2.19. The zero-order valence-corrected chi connectivity index (χ0v) is 10.3. The van der Waals surface area contributed by atoms with Gasteiger partial charge in [-0.1, -0.05) is 41.6 Å². The minimum Gasteiger partial charge on any atom is -0.379 e. The van der Waals surface area contributed by atoms with Crippen LogP contribution in [0.1, 0.15) is 18.9 Å². The molecule has 4 heteroatoms. The second-order valence-corrected chi connectivity index (χ2v) is 4.40. The summed E-state index contributed by atoms with van der Waals surface area (Å²) in [6.45, 7) is 5.73. The van der Waals surface area contributed by atoms with E-state index < -0.39 is 5.60 Å². The molecular formula is C14H16N2O2. The number of nitrogens with one attached hydrogen (secondary N) is 1. The van der Waals surface area contributed by atoms with Crippen LogP contribution in [0, 0.1) is 0 Å². The summed E-state index contributed by atoms with van der Waals surface area (Å²) >= 11 is 0. The quantitative estimate of drug-likeness (QED) is 0.822. The van der Waals surface area contributed by atoms with Gasteiger partial charge >= 0.3 is 0 Å². The Kier molecular flexibility index (Phi) is 3.46. The summed E-state index contributed by atoms with van der Waals surface area (Å²) in [4.78, 5) is 17.3. The van der Waals surface area contributed by atoms with Crippen LogP contribution in [-0.2, 0) is 9.63 Å². The molecule has 0 bridgehead atoms. The van der Waals surface area contributed by atoms with Crippen LogP contribution in [0.15, 0.2) is 48.1 Å². The lowest BCUT2D eigenvalue weighted by molar-refractivity contribution is -0.141. The van der Waals surface area contributed by atoms with Crippen LogP contribution in [-0.4, -0.2) is 23.8 Å². The van der Waals surface area contributed by atoms with Crippen molar-refractivity contribution in [1.82, 2.24) is 5.32 Å². The number of amides is 1. The number of hydrogen-bond acceptors (Lipinski definition) is 3. The van der Waals surface area contributed by atoms with Crippen LogP contribution >= 0.6 is 0 Å². The fraction of sp³-hybridized carbons (Fsp3) is 0.286. The monoisotopic (exact) mass is 244 g/mol. The highest BCUT2D eigenvalue weighted by Crippen LogP contribution is 2.26. The van der Waals surface area contributed by atoms with Crippen molar-refractivity contribution in [3.8, 4) is 0 Å². The Bertz CT molecular complexity index is 482. The molecule has 18 heavy (non-hydrogen) atoms. The molecule has 1 aliphatic rings. The Morgan fingerprint density at radius 2 is 2.28 bits per heavy atom. The van der Waals surface area contributed by atoms with E-state index >= 15 is 0 Å². The molecule has 1 aromatic rings. The summed E-state index contributed by atoms with van der Waals surface area (Å²) in [5, 5.41) is 6.75. The Hall–Kier alpha value is -2.10. The number of rotatable bonds is 4. The average molecular weight is 244 g/mol. The van der Waals surface area contributed by atoms with Gasteiger partial charge in [0.15, 0.2) is 0 Å². The van der Waals surface area contributed by atoms with Gasteiger partial charge in [0.2, 0.25) is 5.60 Å². The Morgan fingerprint density at radius 1 is 1.56 bits per heavy atom. The maximum atomic E-state index is 11.9. The third-order valence-electron chi connectivity index (χ3n) is 2.86. The number of oxime groups is 1. The predicted molar refractivity (Wildman–Crippen MR) is 70.3 cm³/mol. The molecule has 0 spiro atoms. The maximum Gasteiger partial charge on any atom is 0.267 e. The molecule has 1 atom stereocenters. The van der Waals surface area contributed by atoms with Crippen molar-refractivity contribution in [2.24, 2.45) is 5.16 Å². The molecule has 0 aliphatic carbocycles. The summed E-state index contributed by atoms with van der Waals surface area (Å²) in [5.41, 5.74) is 0.860. The van der Waals surface area contributed by atoms with Crippen LogP contribution in [0.5, 0.6) is 0 Å². The van der Waals surface area contributed by atoms with Crippen molar-refractivity contribution in [2.45, 2.75) is 18.9 Å². The molecule has 1 amide bonds. The molecule has 94 valence electrons. The van der Waals surface area contributed by atoms with Gasteiger partial charge in [-0.05, 0) is 12.5 Å². The van der Waals surface area contributed by atoms with Crippen LogP contribution in [0.2, 0.25) is 0 Å². The lowest BCUT2D eigenvalue weighted by Crippen LogP contribution is -2.44. The molecule has 0 saturated heterocycles. The van der Waals surface area contributed by atoms with E-state index in [2.05, 4.69) is 17.1 Å². The molecule has 1 aromatic carbocycles. The number of hydrogen-bond donors (Lipinski definition) is 1. The summed E-state index contributed by atoms with van der Waals surface area (Å²) in [6, 6.07) is 9.72. The van der Waals surface area contributed by atoms with Crippen LogP contribution in [0.25, 0.3) is 0 Å². The van der Waals surface area contributed by atoms with Gasteiger partial charge in [-0.3, -0.25) is 4.79 Å². The van der Waals surface area contributed by atoms with Gasteiger partial charge in [-0.25, -0.2) is 0 Å². The van der Waals surface area contributed by atoms with Gasteiger partial charge in [0.25, 0.3) is 5.91 Å². The maximum absolute atomic E-state index is 11.9. The van der Waals surface area contributed by atoms with Gasteiger partial charge in [0, 0.05) is 13.0 Å². The van der Waals surface area contributed by atoms with Crippen LogP contribution in [0.3, 0.4) is 0 Å². The van der Waals surface area contributed by atoms with E-state index in [0.29, 0.717) is 13.0 Å². The van der Waals surface area contributed by atoms with E-state index in [1.165, 1.54) is 0 Å². The van der Waals surface area contributed by atoms with Gasteiger partial charge in [-0.2, -0.15) is 0 Å². The topological polar surface area (TPSA) is 50.7 Å². The van der Waals surface area contributed by atoms with Crippen molar-refractivity contribution in [1.29, 1.82) is 0 Å². The van der Waals surface area contributed by atoms with E-state index in [1.807, 2.05) is 30.3 Å². The van der Waals surface area contributed by atoms with E-state index in [0.717, 1.165) is 11.3 Å². The van der Waals surface area contributed by atoms with Crippen LogP contribution in [0.4, 0.5) is 0 Å². The largest absolute Gasteiger partial charge is 0.379 e. The highest BCUT2D eigenvalue weighted by Gasteiger charge is 2.41. The number of nitrogens with zero attached hydrogens (tertiary/aromatic N) is 1. The van der Waals surface area contributed by atoms with E-state index in [-0.39, 0.29) is 5.91 Å². The summed E-state index contributed by atoms with van der Waals surface area (Å²) in [5.74, 6) is -0.169. The second-order valence-electron chi connectivity index (χ2n) is 4.40. The van der Waals surface area contributed by atoms with Crippen molar-refractivity contribution >= 4 is 11.6 Å². The fourth-order valence-corrected chi connectivity index (χ4v) is 1.80. The molecule has 1 N–H and O–H groups in total. The average Bonchev–Trinajstić information content (AvgIpc) is 2.81. The molecule has 0 unspecified atom stereocenters. The Balaban J connectivity index is 2.06. The third-order valence-corrected chi connectivity index (χ3v) is 2.86. The number of carbonyl (C=O) groups excluding carboxylic acids is 1. The fourth-order valence-electron chi connectivity index (χ4n) is 1.80. The van der Waals surface area contributed by atoms with Crippen molar-refractivity contribution < 1.29 is 9.63 Å². The van der Waals surface area contributed by atoms with Gasteiger partial charge in [-0.15, -0.1) is 6.58 Å². The Morgan fingerprint density at radius 3 is 2.94 bits per heavy atom. The first-order valence-electron chi connectivity index (χ1n) is 5.85. The normalized spacial score (nSPS) is 21.9. The molecule has 0 fully saturated rings.